The average Bonchev–Trinajstić information content (AvgIpc) is 2.46. The number of benzene rings is 1. The van der Waals surface area contributed by atoms with Gasteiger partial charge in [0.1, 0.15) is 0 Å². The fourth-order valence-electron chi connectivity index (χ4n) is 2.86. The molecule has 1 aliphatic carbocycles. The van der Waals surface area contributed by atoms with Crippen molar-refractivity contribution in [3.05, 3.63) is 35.4 Å². The van der Waals surface area contributed by atoms with Crippen molar-refractivity contribution in [2.45, 2.75) is 39.2 Å². The Labute approximate surface area is 116 Å². The molecule has 1 aromatic carbocycles. The minimum absolute atomic E-state index is 0.202. The standard InChI is InChI=1S/C16H24N2O/c1-3-18(4-2)16(19)12-17-15-11-7-9-13-8-5-6-10-14(13)15/h5-6,8,10,15,17H,3-4,7,9,11-12H2,1-2H3. The van der Waals surface area contributed by atoms with E-state index < -0.39 is 0 Å². The molecular weight excluding hydrogens is 236 g/mol. The Bertz CT molecular complexity index is 427. The smallest absolute Gasteiger partial charge is 0.236 e. The van der Waals surface area contributed by atoms with Crippen LogP contribution in [0.3, 0.4) is 0 Å². The van der Waals surface area contributed by atoms with Gasteiger partial charge in [0.05, 0.1) is 6.54 Å². The SMILES string of the molecule is CCN(CC)C(=O)CNC1CCCc2ccccc21. The molecule has 0 fully saturated rings. The number of carbonyl (C=O) groups excluding carboxylic acids is 1. The highest BCUT2D eigenvalue weighted by atomic mass is 16.2. The molecule has 0 aromatic heterocycles. The van der Waals surface area contributed by atoms with Gasteiger partial charge in [-0.2, -0.15) is 0 Å². The molecule has 1 aliphatic rings. The topological polar surface area (TPSA) is 32.3 Å². The number of hydrogen-bond donors (Lipinski definition) is 1. The number of fused-ring (bicyclic) bond motifs is 1. The van der Waals surface area contributed by atoms with Crippen LogP contribution in [0.25, 0.3) is 0 Å². The van der Waals surface area contributed by atoms with Gasteiger partial charge in [0, 0.05) is 19.1 Å². The molecule has 19 heavy (non-hydrogen) atoms. The van der Waals surface area contributed by atoms with Crippen molar-refractivity contribution in [3.8, 4) is 0 Å². The van der Waals surface area contributed by atoms with Crippen LogP contribution in [0.4, 0.5) is 0 Å². The first-order valence-electron chi connectivity index (χ1n) is 7.35. The second kappa shape index (κ2) is 6.71. The van der Waals surface area contributed by atoms with Crippen molar-refractivity contribution in [3.63, 3.8) is 0 Å². The van der Waals surface area contributed by atoms with Crippen molar-refractivity contribution in [2.24, 2.45) is 0 Å². The van der Waals surface area contributed by atoms with Crippen molar-refractivity contribution in [2.75, 3.05) is 19.6 Å². The minimum Gasteiger partial charge on any atom is -0.342 e. The second-order valence-corrected chi connectivity index (χ2v) is 5.09. The predicted molar refractivity (Wildman–Crippen MR) is 78.1 cm³/mol. The molecule has 3 heteroatoms. The number of nitrogens with zero attached hydrogens (tertiary/aromatic N) is 1. The molecule has 1 aromatic rings. The third-order valence-electron chi connectivity index (χ3n) is 3.99. The molecule has 0 heterocycles. The van der Waals surface area contributed by atoms with E-state index >= 15 is 0 Å². The quantitative estimate of drug-likeness (QED) is 0.882. The summed E-state index contributed by atoms with van der Waals surface area (Å²) in [6.45, 7) is 6.08. The molecule has 3 nitrogen and oxygen atoms in total. The van der Waals surface area contributed by atoms with Crippen LogP contribution in [-0.2, 0) is 11.2 Å². The van der Waals surface area contributed by atoms with Gasteiger partial charge in [-0.3, -0.25) is 4.79 Å². The van der Waals surface area contributed by atoms with Gasteiger partial charge in [-0.15, -0.1) is 0 Å². The number of hydrogen-bond acceptors (Lipinski definition) is 2. The third kappa shape index (κ3) is 3.35. The maximum Gasteiger partial charge on any atom is 0.236 e. The zero-order valence-electron chi connectivity index (χ0n) is 12.0. The van der Waals surface area contributed by atoms with Gasteiger partial charge in [-0.05, 0) is 44.2 Å². The Morgan fingerprint density at radius 1 is 1.32 bits per heavy atom. The molecule has 0 aliphatic heterocycles. The van der Waals surface area contributed by atoms with Crippen LogP contribution >= 0.6 is 0 Å². The average molecular weight is 260 g/mol. The molecule has 0 spiro atoms. The van der Waals surface area contributed by atoms with Gasteiger partial charge >= 0.3 is 0 Å². The largest absolute Gasteiger partial charge is 0.342 e. The van der Waals surface area contributed by atoms with Crippen LogP contribution in [0.1, 0.15) is 43.9 Å². The highest BCUT2D eigenvalue weighted by molar-refractivity contribution is 5.78. The molecule has 1 unspecified atom stereocenters. The van der Waals surface area contributed by atoms with Crippen LogP contribution < -0.4 is 5.32 Å². The van der Waals surface area contributed by atoms with Gasteiger partial charge in [0.25, 0.3) is 0 Å². The summed E-state index contributed by atoms with van der Waals surface area (Å²) in [5.41, 5.74) is 2.81. The maximum atomic E-state index is 12.0. The summed E-state index contributed by atoms with van der Waals surface area (Å²) in [5.74, 6) is 0.202. The van der Waals surface area contributed by atoms with Crippen molar-refractivity contribution >= 4 is 5.91 Å². The Balaban J connectivity index is 1.96. The van der Waals surface area contributed by atoms with E-state index in [9.17, 15) is 4.79 Å². The van der Waals surface area contributed by atoms with E-state index in [-0.39, 0.29) is 5.91 Å². The van der Waals surface area contributed by atoms with Crippen molar-refractivity contribution < 1.29 is 4.79 Å². The van der Waals surface area contributed by atoms with Gasteiger partial charge in [-0.25, -0.2) is 0 Å². The molecule has 0 saturated carbocycles. The summed E-state index contributed by atoms with van der Waals surface area (Å²) in [7, 11) is 0. The predicted octanol–water partition coefficient (Wildman–Crippen LogP) is 2.52. The van der Waals surface area contributed by atoms with Crippen molar-refractivity contribution in [1.82, 2.24) is 10.2 Å². The number of aryl methyl sites for hydroxylation is 1. The van der Waals surface area contributed by atoms with Crippen LogP contribution in [-0.4, -0.2) is 30.4 Å². The Hall–Kier alpha value is -1.35. The van der Waals surface area contributed by atoms with E-state index in [0.29, 0.717) is 12.6 Å². The van der Waals surface area contributed by atoms with Crippen LogP contribution in [0.5, 0.6) is 0 Å². The molecular formula is C16H24N2O. The zero-order valence-corrected chi connectivity index (χ0v) is 12.0. The molecule has 0 bridgehead atoms. The summed E-state index contributed by atoms with van der Waals surface area (Å²) in [6.07, 6.45) is 3.50. The number of carbonyl (C=O) groups is 1. The van der Waals surface area contributed by atoms with Gasteiger partial charge in [0.2, 0.25) is 5.91 Å². The molecule has 2 rings (SSSR count). The number of rotatable bonds is 5. The number of amides is 1. The van der Waals surface area contributed by atoms with E-state index in [4.69, 9.17) is 0 Å². The monoisotopic (exact) mass is 260 g/mol. The molecule has 0 saturated heterocycles. The maximum absolute atomic E-state index is 12.0. The van der Waals surface area contributed by atoms with E-state index in [0.717, 1.165) is 19.5 Å². The van der Waals surface area contributed by atoms with Crippen molar-refractivity contribution in [1.29, 1.82) is 0 Å². The Kier molecular flexibility index (Phi) is 4.97. The van der Waals surface area contributed by atoms with Gasteiger partial charge in [-0.1, -0.05) is 24.3 Å². The molecule has 1 N–H and O–H groups in total. The highest BCUT2D eigenvalue weighted by Crippen LogP contribution is 2.29. The molecule has 1 atom stereocenters. The fraction of sp³-hybridized carbons (Fsp3) is 0.562. The van der Waals surface area contributed by atoms with E-state index in [1.807, 2.05) is 18.7 Å². The molecule has 0 radical (unpaired) electrons. The summed E-state index contributed by atoms with van der Waals surface area (Å²) in [6, 6.07) is 8.92. The highest BCUT2D eigenvalue weighted by Gasteiger charge is 2.20. The Morgan fingerprint density at radius 3 is 2.79 bits per heavy atom. The molecule has 1 amide bonds. The van der Waals surface area contributed by atoms with E-state index in [1.165, 1.54) is 24.0 Å². The first kappa shape index (κ1) is 14.1. The third-order valence-corrected chi connectivity index (χ3v) is 3.99. The van der Waals surface area contributed by atoms with Crippen LogP contribution in [0.15, 0.2) is 24.3 Å². The minimum atomic E-state index is 0.202. The lowest BCUT2D eigenvalue weighted by Gasteiger charge is -2.27. The lowest BCUT2D eigenvalue weighted by Crippen LogP contribution is -2.39. The summed E-state index contributed by atoms with van der Waals surface area (Å²) in [4.78, 5) is 13.9. The number of nitrogens with one attached hydrogen (secondary N) is 1. The fourth-order valence-corrected chi connectivity index (χ4v) is 2.86. The van der Waals surface area contributed by atoms with Gasteiger partial charge < -0.3 is 10.2 Å². The van der Waals surface area contributed by atoms with Gasteiger partial charge in [0.15, 0.2) is 0 Å². The second-order valence-electron chi connectivity index (χ2n) is 5.09. The summed E-state index contributed by atoms with van der Waals surface area (Å²) < 4.78 is 0. The Morgan fingerprint density at radius 2 is 2.05 bits per heavy atom. The first-order chi connectivity index (χ1) is 9.26. The van der Waals surface area contributed by atoms with E-state index in [1.54, 1.807) is 0 Å². The van der Waals surface area contributed by atoms with Crippen LogP contribution in [0.2, 0.25) is 0 Å². The van der Waals surface area contributed by atoms with E-state index in [2.05, 4.69) is 29.6 Å². The summed E-state index contributed by atoms with van der Waals surface area (Å²) in [5, 5.41) is 3.44. The van der Waals surface area contributed by atoms with Crippen LogP contribution in [0, 0.1) is 0 Å². The molecule has 104 valence electrons. The normalized spacial score (nSPS) is 17.9. The first-order valence-corrected chi connectivity index (χ1v) is 7.35. The summed E-state index contributed by atoms with van der Waals surface area (Å²) >= 11 is 0. The lowest BCUT2D eigenvalue weighted by molar-refractivity contribution is -0.130. The zero-order chi connectivity index (χ0) is 13.7. The lowest BCUT2D eigenvalue weighted by atomic mass is 9.88. The number of likely N-dealkylation sites (N-methyl/N-ethyl adjacent to an activating group) is 1.